The van der Waals surface area contributed by atoms with E-state index in [2.05, 4.69) is 35.6 Å². The molecule has 3 saturated heterocycles. The number of rotatable bonds is 12. The van der Waals surface area contributed by atoms with Crippen molar-refractivity contribution < 1.29 is 33.4 Å². The number of likely N-dealkylation sites (N-methyl/N-ethyl adjacent to an activating group) is 1. The Bertz CT molecular complexity index is 2630. The number of aromatic nitrogens is 3. The number of hydrogen-bond acceptors (Lipinski definition) is 14. The zero-order chi connectivity index (χ0) is 45.7. The third kappa shape index (κ3) is 8.73. The van der Waals surface area contributed by atoms with Gasteiger partial charge in [0.15, 0.2) is 18.2 Å². The average Bonchev–Trinajstić information content (AvgIpc) is 3.53. The second kappa shape index (κ2) is 18.0. The lowest BCUT2D eigenvalue weighted by atomic mass is 9.87. The number of ether oxygens (including phenoxy) is 2. The van der Waals surface area contributed by atoms with Gasteiger partial charge < -0.3 is 34.5 Å². The lowest BCUT2D eigenvalue weighted by Gasteiger charge is -2.47. The number of imide groups is 2. The van der Waals surface area contributed by atoms with Crippen molar-refractivity contribution >= 4 is 75.2 Å². The first-order valence-corrected chi connectivity index (χ1v) is 22.7. The number of carbonyl (C=O) groups is 5. The van der Waals surface area contributed by atoms with Crippen molar-refractivity contribution in [1.29, 1.82) is 0 Å². The molecule has 1 aliphatic carbocycles. The number of amides is 5. The number of piperazine rings is 1. The Morgan fingerprint density at radius 1 is 0.923 bits per heavy atom. The van der Waals surface area contributed by atoms with Gasteiger partial charge >= 0.3 is 0 Å². The van der Waals surface area contributed by atoms with E-state index in [0.29, 0.717) is 45.2 Å². The topological polar surface area (TPSA) is 201 Å². The fourth-order valence-corrected chi connectivity index (χ4v) is 9.82. The van der Waals surface area contributed by atoms with Crippen molar-refractivity contribution in [3.05, 3.63) is 74.7 Å². The van der Waals surface area contributed by atoms with E-state index in [1.54, 1.807) is 22.9 Å². The minimum atomic E-state index is -0.989. The third-order valence-corrected chi connectivity index (χ3v) is 13.5. The molecule has 9 rings (SSSR count). The van der Waals surface area contributed by atoms with Crippen LogP contribution in [0.5, 0.6) is 5.75 Å². The summed E-state index contributed by atoms with van der Waals surface area (Å²) in [7, 11) is 1.51. The Balaban J connectivity index is 0.751. The lowest BCUT2D eigenvalue weighted by Crippen LogP contribution is -2.56. The van der Waals surface area contributed by atoms with Gasteiger partial charge in [0.25, 0.3) is 23.3 Å². The molecule has 2 aromatic carbocycles. The van der Waals surface area contributed by atoms with Crippen LogP contribution in [-0.4, -0.2) is 131 Å². The molecule has 19 heteroatoms. The molecule has 5 aliphatic rings. The second-order valence-electron chi connectivity index (χ2n) is 17.7. The van der Waals surface area contributed by atoms with Crippen LogP contribution in [0.2, 0.25) is 5.02 Å². The molecule has 1 saturated carbocycles. The van der Waals surface area contributed by atoms with E-state index in [1.807, 2.05) is 45.0 Å². The number of hydrogen-bond donors (Lipinski definition) is 3. The standard InChI is InChI=1S/C46H53ClN10O8/c1-25(2)56-35-6-5-28(18-27(35)19-37(44(56)62)64-24-39(59)48-4)50-41-34(47)23-49-46(52-41)55-11-9-31(10-12-55)65-32-20-30(21-32)54-15-13-53(14-16-54)29-17-26(3)40-33(22-29)43(61)57(45(40)63)36-7-8-38(58)51-42(36)60/h5-6,17-19,22-23,25,30-32,36H,7-16,20-21,24H2,1-4H3,(H,48,59)(H,49,50,52)(H,51,58,60). The molecule has 0 spiro atoms. The number of nitrogens with one attached hydrogen (secondary N) is 3. The van der Waals surface area contributed by atoms with Crippen molar-refractivity contribution in [3.8, 4) is 5.75 Å². The molecule has 6 heterocycles. The van der Waals surface area contributed by atoms with Crippen molar-refractivity contribution in [1.82, 2.24) is 35.0 Å². The van der Waals surface area contributed by atoms with Gasteiger partial charge in [-0.3, -0.25) is 43.9 Å². The number of piperidine rings is 2. The number of carbonyl (C=O) groups excluding carboxylic acids is 5. The number of fused-ring (bicyclic) bond motifs is 2. The molecular weight excluding hydrogens is 856 g/mol. The van der Waals surface area contributed by atoms with E-state index in [4.69, 9.17) is 26.1 Å². The molecule has 0 bridgehead atoms. The summed E-state index contributed by atoms with van der Waals surface area (Å²) in [6.07, 6.45) is 5.82. The second-order valence-corrected chi connectivity index (χ2v) is 18.1. The van der Waals surface area contributed by atoms with Gasteiger partial charge in [-0.15, -0.1) is 0 Å². The Morgan fingerprint density at radius 3 is 2.38 bits per heavy atom. The molecule has 5 amide bonds. The summed E-state index contributed by atoms with van der Waals surface area (Å²) < 4.78 is 13.9. The fourth-order valence-electron chi connectivity index (χ4n) is 9.68. The number of aryl methyl sites for hydroxylation is 1. The zero-order valence-electron chi connectivity index (χ0n) is 36.9. The summed E-state index contributed by atoms with van der Waals surface area (Å²) in [5.74, 6) is -1.21. The molecule has 1 unspecified atom stereocenters. The highest BCUT2D eigenvalue weighted by Crippen LogP contribution is 2.36. The Hall–Kier alpha value is -6.11. The lowest BCUT2D eigenvalue weighted by molar-refractivity contribution is -0.136. The number of nitrogens with zero attached hydrogens (tertiary/aromatic N) is 7. The van der Waals surface area contributed by atoms with E-state index < -0.39 is 29.7 Å². The summed E-state index contributed by atoms with van der Waals surface area (Å²) in [5.41, 5.74) is 3.35. The van der Waals surface area contributed by atoms with Crippen LogP contribution < -0.4 is 36.0 Å². The van der Waals surface area contributed by atoms with Gasteiger partial charge in [0, 0.05) is 81.6 Å². The van der Waals surface area contributed by atoms with Crippen LogP contribution in [0.4, 0.5) is 23.1 Å². The van der Waals surface area contributed by atoms with Crippen molar-refractivity contribution in [2.75, 3.05) is 68.0 Å². The van der Waals surface area contributed by atoms with Gasteiger partial charge in [0.2, 0.25) is 17.8 Å². The number of halogens is 1. The maximum Gasteiger partial charge on any atom is 0.293 e. The molecule has 342 valence electrons. The van der Waals surface area contributed by atoms with E-state index in [0.717, 1.165) is 86.4 Å². The fraction of sp³-hybridized carbons (Fsp3) is 0.478. The molecule has 4 aliphatic heterocycles. The minimum Gasteiger partial charge on any atom is -0.478 e. The number of anilines is 4. The van der Waals surface area contributed by atoms with Gasteiger partial charge in [0.1, 0.15) is 11.1 Å². The minimum absolute atomic E-state index is 0.0827. The molecule has 4 fully saturated rings. The molecule has 65 heavy (non-hydrogen) atoms. The predicted octanol–water partition coefficient (Wildman–Crippen LogP) is 3.94. The van der Waals surface area contributed by atoms with E-state index in [-0.39, 0.29) is 54.9 Å². The summed E-state index contributed by atoms with van der Waals surface area (Å²) in [4.78, 5) is 93.5. The van der Waals surface area contributed by atoms with Gasteiger partial charge in [-0.25, -0.2) is 4.98 Å². The predicted molar refractivity (Wildman–Crippen MR) is 243 cm³/mol. The smallest absolute Gasteiger partial charge is 0.293 e. The first-order chi connectivity index (χ1) is 31.3. The highest BCUT2D eigenvalue weighted by Gasteiger charge is 2.46. The molecular formula is C46H53ClN10O8. The number of benzene rings is 2. The Morgan fingerprint density at radius 2 is 1.68 bits per heavy atom. The normalized spacial score (nSPS) is 21.8. The maximum atomic E-state index is 13.5. The van der Waals surface area contributed by atoms with Crippen LogP contribution in [0.25, 0.3) is 10.9 Å². The summed E-state index contributed by atoms with van der Waals surface area (Å²) in [6.45, 7) is 10.2. The van der Waals surface area contributed by atoms with Gasteiger partial charge in [-0.1, -0.05) is 11.6 Å². The summed E-state index contributed by atoms with van der Waals surface area (Å²) in [6, 6.07) is 10.3. The first kappa shape index (κ1) is 44.1. The Kier molecular flexibility index (Phi) is 12.2. The SMILES string of the molecule is CNC(=O)COc1cc2cc(Nc3nc(N4CCC(OC5CC(N6CCN(c7cc(C)c8c(c7)C(=O)N(C7CCC(=O)NC7=O)C8=O)CC6)C5)CC4)ncc3Cl)ccc2n(C(C)C)c1=O. The molecule has 2 aromatic heterocycles. The van der Waals surface area contributed by atoms with Crippen LogP contribution in [0.1, 0.15) is 84.7 Å². The van der Waals surface area contributed by atoms with Crippen LogP contribution in [0, 0.1) is 6.92 Å². The van der Waals surface area contributed by atoms with Crippen molar-refractivity contribution in [2.24, 2.45) is 0 Å². The zero-order valence-corrected chi connectivity index (χ0v) is 37.7. The average molecular weight is 909 g/mol. The maximum absolute atomic E-state index is 13.5. The molecule has 3 N–H and O–H groups in total. The van der Waals surface area contributed by atoms with Gasteiger partial charge in [0.05, 0.1) is 35.0 Å². The highest BCUT2D eigenvalue weighted by atomic mass is 35.5. The number of pyridine rings is 1. The summed E-state index contributed by atoms with van der Waals surface area (Å²) >= 11 is 6.60. The van der Waals surface area contributed by atoms with E-state index in [9.17, 15) is 28.8 Å². The van der Waals surface area contributed by atoms with Crippen LogP contribution in [0.3, 0.4) is 0 Å². The van der Waals surface area contributed by atoms with E-state index in [1.165, 1.54) is 7.05 Å². The molecule has 0 radical (unpaired) electrons. The van der Waals surface area contributed by atoms with Crippen LogP contribution >= 0.6 is 11.6 Å². The molecule has 18 nitrogen and oxygen atoms in total. The van der Waals surface area contributed by atoms with E-state index >= 15 is 0 Å². The van der Waals surface area contributed by atoms with Gasteiger partial charge in [-0.05, 0) is 94.8 Å². The first-order valence-electron chi connectivity index (χ1n) is 22.3. The highest BCUT2D eigenvalue weighted by molar-refractivity contribution is 6.33. The van der Waals surface area contributed by atoms with Gasteiger partial charge in [-0.2, -0.15) is 4.98 Å². The molecule has 4 aromatic rings. The van der Waals surface area contributed by atoms with Crippen LogP contribution in [0.15, 0.2) is 47.4 Å². The van der Waals surface area contributed by atoms with Crippen molar-refractivity contribution in [2.45, 2.75) is 89.6 Å². The Labute approximate surface area is 380 Å². The van der Waals surface area contributed by atoms with Crippen LogP contribution in [-0.2, 0) is 19.1 Å². The third-order valence-electron chi connectivity index (χ3n) is 13.3. The summed E-state index contributed by atoms with van der Waals surface area (Å²) in [5, 5.41) is 9.19. The monoisotopic (exact) mass is 908 g/mol. The molecule has 1 atom stereocenters. The largest absolute Gasteiger partial charge is 0.478 e. The quantitative estimate of drug-likeness (QED) is 0.173. The van der Waals surface area contributed by atoms with Crippen molar-refractivity contribution in [3.63, 3.8) is 0 Å².